The first kappa shape index (κ1) is 19.1. The van der Waals surface area contributed by atoms with Gasteiger partial charge in [-0.3, -0.25) is 0 Å². The second kappa shape index (κ2) is 9.89. The molecule has 0 radical (unpaired) electrons. The number of hydrogen-bond acceptors (Lipinski definition) is 1. The maximum Gasteiger partial charge on any atom is 0.335 e. The first-order chi connectivity index (χ1) is 13.8. The van der Waals surface area contributed by atoms with Crippen LogP contribution in [-0.2, 0) is 11.2 Å². The highest BCUT2D eigenvalue weighted by atomic mass is 16.4. The molecule has 2 aliphatic rings. The van der Waals surface area contributed by atoms with E-state index in [-0.39, 0.29) is 5.57 Å². The van der Waals surface area contributed by atoms with E-state index >= 15 is 0 Å². The maximum absolute atomic E-state index is 11.7. The highest BCUT2D eigenvalue weighted by Crippen LogP contribution is 2.32. The lowest BCUT2D eigenvalue weighted by molar-refractivity contribution is -0.132. The molecule has 1 N–H and O–H groups in total. The molecule has 0 amide bonds. The molecule has 0 fully saturated rings. The molecule has 0 atom stereocenters. The van der Waals surface area contributed by atoms with Gasteiger partial charge < -0.3 is 5.11 Å². The number of aliphatic carboxylic acids is 1. The number of benzene rings is 1. The van der Waals surface area contributed by atoms with E-state index in [0.29, 0.717) is 0 Å². The summed E-state index contributed by atoms with van der Waals surface area (Å²) in [5, 5.41) is 9.59. The molecule has 0 spiro atoms. The minimum absolute atomic E-state index is 0.249. The molecule has 2 aliphatic carbocycles. The first-order valence-electron chi connectivity index (χ1n) is 9.21. The van der Waals surface area contributed by atoms with Crippen molar-refractivity contribution in [3.05, 3.63) is 132 Å². The molecule has 0 saturated carbocycles. The van der Waals surface area contributed by atoms with E-state index < -0.39 is 5.97 Å². The summed E-state index contributed by atoms with van der Waals surface area (Å²) in [6.45, 7) is 0. The molecular weight excluding hydrogens is 344 g/mol. The van der Waals surface area contributed by atoms with Gasteiger partial charge in [0.15, 0.2) is 0 Å². The number of rotatable bonds is 1. The Balaban J connectivity index is 2.04. The van der Waals surface area contributed by atoms with Crippen LogP contribution in [0, 0.1) is 0 Å². The van der Waals surface area contributed by atoms with Gasteiger partial charge in [0.2, 0.25) is 0 Å². The Labute approximate surface area is 165 Å². The van der Waals surface area contributed by atoms with E-state index in [1.54, 1.807) is 18.2 Å². The fourth-order valence-electron chi connectivity index (χ4n) is 3.04. The minimum Gasteiger partial charge on any atom is -0.478 e. The average molecular weight is 366 g/mol. The lowest BCUT2D eigenvalue weighted by atomic mass is 9.96. The zero-order valence-electron chi connectivity index (χ0n) is 15.5. The SMILES string of the molecule is O=C(O)C1=Cc2cccc3c2C(=CC3)C=CC=CC=CC=CC=CC=CC=C1. The molecule has 0 bridgehead atoms. The third-order valence-electron chi connectivity index (χ3n) is 4.35. The first-order valence-corrected chi connectivity index (χ1v) is 9.21. The van der Waals surface area contributed by atoms with Crippen LogP contribution in [0.3, 0.4) is 0 Å². The van der Waals surface area contributed by atoms with Gasteiger partial charge >= 0.3 is 5.97 Å². The van der Waals surface area contributed by atoms with Gasteiger partial charge in [-0.05, 0) is 40.8 Å². The topological polar surface area (TPSA) is 37.3 Å². The Morgan fingerprint density at radius 3 is 1.93 bits per heavy atom. The second-order valence-electron chi connectivity index (χ2n) is 6.29. The predicted octanol–water partition coefficient (Wildman–Crippen LogP) is 6.00. The maximum atomic E-state index is 11.7. The van der Waals surface area contributed by atoms with Crippen LogP contribution in [-0.4, -0.2) is 11.1 Å². The molecule has 0 heterocycles. The van der Waals surface area contributed by atoms with E-state index in [4.69, 9.17) is 0 Å². The Kier molecular flexibility index (Phi) is 6.75. The van der Waals surface area contributed by atoms with E-state index in [1.807, 2.05) is 79.0 Å². The molecule has 2 nitrogen and oxygen atoms in total. The summed E-state index contributed by atoms with van der Waals surface area (Å²) >= 11 is 0. The van der Waals surface area contributed by atoms with Crippen LogP contribution in [0.25, 0.3) is 11.6 Å². The minimum atomic E-state index is -0.945. The van der Waals surface area contributed by atoms with Gasteiger partial charge in [-0.15, -0.1) is 0 Å². The van der Waals surface area contributed by atoms with Crippen LogP contribution >= 0.6 is 0 Å². The number of carboxylic acids is 1. The molecule has 0 unspecified atom stereocenters. The largest absolute Gasteiger partial charge is 0.478 e. The monoisotopic (exact) mass is 366 g/mol. The van der Waals surface area contributed by atoms with Crippen LogP contribution in [0.2, 0.25) is 0 Å². The summed E-state index contributed by atoms with van der Waals surface area (Å²) < 4.78 is 0. The van der Waals surface area contributed by atoms with Crippen molar-refractivity contribution in [3.63, 3.8) is 0 Å². The second-order valence-corrected chi connectivity index (χ2v) is 6.29. The van der Waals surface area contributed by atoms with Crippen molar-refractivity contribution in [1.82, 2.24) is 0 Å². The summed E-state index contributed by atoms with van der Waals surface area (Å²) in [5.41, 5.74) is 4.61. The van der Waals surface area contributed by atoms with Crippen molar-refractivity contribution >= 4 is 17.6 Å². The van der Waals surface area contributed by atoms with Gasteiger partial charge in [-0.25, -0.2) is 4.79 Å². The summed E-state index contributed by atoms with van der Waals surface area (Å²) in [4.78, 5) is 11.7. The quantitative estimate of drug-likeness (QED) is 0.662. The van der Waals surface area contributed by atoms with Crippen LogP contribution in [0.4, 0.5) is 0 Å². The molecule has 0 saturated heterocycles. The highest BCUT2D eigenvalue weighted by Gasteiger charge is 2.16. The Hall–Kier alpha value is -3.65. The summed E-state index contributed by atoms with van der Waals surface area (Å²) in [5.74, 6) is -0.945. The van der Waals surface area contributed by atoms with Gasteiger partial charge in [0, 0.05) is 0 Å². The van der Waals surface area contributed by atoms with Gasteiger partial charge in [0.1, 0.15) is 0 Å². The molecular formula is C26H22O2. The normalized spacial score (nSPS) is 16.1. The standard InChI is InChI=1S/C26H22O2/c27-26(28)24-15-12-10-8-6-4-2-1-3-5-7-9-11-14-21-18-19-22-16-13-17-23(20-24)25(21)22/h1-18,20H,19H2,(H,27,28). The number of carboxylic acid groups (broad SMARTS) is 1. The van der Waals surface area contributed by atoms with Gasteiger partial charge in [-0.2, -0.15) is 0 Å². The van der Waals surface area contributed by atoms with Crippen molar-refractivity contribution in [3.8, 4) is 0 Å². The van der Waals surface area contributed by atoms with Crippen LogP contribution in [0.15, 0.2) is 115 Å². The van der Waals surface area contributed by atoms with E-state index in [9.17, 15) is 9.90 Å². The van der Waals surface area contributed by atoms with Crippen LogP contribution in [0.5, 0.6) is 0 Å². The number of allylic oxidation sites excluding steroid dienone is 15. The smallest absolute Gasteiger partial charge is 0.335 e. The van der Waals surface area contributed by atoms with E-state index in [1.165, 1.54) is 5.56 Å². The molecule has 3 rings (SSSR count). The summed E-state index contributed by atoms with van der Waals surface area (Å²) in [7, 11) is 0. The van der Waals surface area contributed by atoms with Gasteiger partial charge in [0.25, 0.3) is 0 Å². The van der Waals surface area contributed by atoms with Crippen LogP contribution < -0.4 is 0 Å². The molecule has 0 aliphatic heterocycles. The molecule has 1 aromatic carbocycles. The molecule has 138 valence electrons. The Bertz CT molecular complexity index is 1000. The number of carbonyl (C=O) groups is 1. The van der Waals surface area contributed by atoms with Crippen molar-refractivity contribution in [2.45, 2.75) is 6.42 Å². The molecule has 2 heteroatoms. The molecule has 1 aromatic rings. The lowest BCUT2D eigenvalue weighted by Gasteiger charge is -2.08. The lowest BCUT2D eigenvalue weighted by Crippen LogP contribution is -1.98. The third-order valence-corrected chi connectivity index (χ3v) is 4.35. The van der Waals surface area contributed by atoms with Gasteiger partial charge in [-0.1, -0.05) is 103 Å². The zero-order chi connectivity index (χ0) is 19.6. The summed E-state index contributed by atoms with van der Waals surface area (Å²) in [6.07, 6.45) is 31.5. The average Bonchev–Trinajstić information content (AvgIpc) is 3.10. The predicted molar refractivity (Wildman–Crippen MR) is 118 cm³/mol. The molecule has 0 aromatic heterocycles. The Morgan fingerprint density at radius 1 is 0.750 bits per heavy atom. The van der Waals surface area contributed by atoms with Crippen molar-refractivity contribution < 1.29 is 9.90 Å². The fourth-order valence-corrected chi connectivity index (χ4v) is 3.04. The fraction of sp³-hybridized carbons (Fsp3) is 0.0385. The van der Waals surface area contributed by atoms with Crippen molar-refractivity contribution in [2.75, 3.05) is 0 Å². The van der Waals surface area contributed by atoms with Gasteiger partial charge in [0.05, 0.1) is 5.57 Å². The van der Waals surface area contributed by atoms with Crippen molar-refractivity contribution in [1.29, 1.82) is 0 Å². The number of hydrogen-bond donors (Lipinski definition) is 1. The van der Waals surface area contributed by atoms with Crippen LogP contribution in [0.1, 0.15) is 16.7 Å². The molecule has 28 heavy (non-hydrogen) atoms. The van der Waals surface area contributed by atoms with E-state index in [0.717, 1.165) is 23.1 Å². The highest BCUT2D eigenvalue weighted by molar-refractivity contribution is 5.97. The zero-order valence-corrected chi connectivity index (χ0v) is 15.5. The Morgan fingerprint density at radius 2 is 1.32 bits per heavy atom. The van der Waals surface area contributed by atoms with Crippen molar-refractivity contribution in [2.24, 2.45) is 0 Å². The third kappa shape index (κ3) is 5.18. The van der Waals surface area contributed by atoms with E-state index in [2.05, 4.69) is 18.2 Å². The summed E-state index contributed by atoms with van der Waals surface area (Å²) in [6, 6.07) is 6.04.